The second kappa shape index (κ2) is 5.07. The Hall–Kier alpha value is -0.420. The average molecular weight is 236 g/mol. The van der Waals surface area contributed by atoms with Crippen LogP contribution in [0.1, 0.15) is 34.1 Å². The van der Waals surface area contributed by atoms with Crippen LogP contribution < -0.4 is 0 Å². The molecule has 0 aliphatic heterocycles. The van der Waals surface area contributed by atoms with E-state index in [0.717, 1.165) is 0 Å². The molecule has 0 rings (SSSR count). The van der Waals surface area contributed by atoms with Crippen molar-refractivity contribution in [1.29, 1.82) is 0 Å². The number of esters is 1. The number of hydrogen-bond acceptors (Lipinski definition) is 3. The Morgan fingerprint density at radius 1 is 1.33 bits per heavy atom. The standard InChI is InChI=1S/C10H20O4S/c1-9(2,7-15(12)13)6-10(3,4)8(11)14-5/h6-7H2,1-5H3,(H,12,13). The molecule has 1 N–H and O–H groups in total. The van der Waals surface area contributed by atoms with Gasteiger partial charge in [0.25, 0.3) is 0 Å². The molecule has 0 saturated carbocycles. The fourth-order valence-corrected chi connectivity index (χ4v) is 2.70. The molecule has 4 nitrogen and oxygen atoms in total. The summed E-state index contributed by atoms with van der Waals surface area (Å²) in [4.78, 5) is 11.4. The zero-order valence-corrected chi connectivity index (χ0v) is 10.8. The Kier molecular flexibility index (Phi) is 4.93. The van der Waals surface area contributed by atoms with E-state index >= 15 is 0 Å². The van der Waals surface area contributed by atoms with Crippen molar-refractivity contribution in [2.75, 3.05) is 12.9 Å². The maximum absolute atomic E-state index is 11.4. The molecule has 0 aromatic rings. The monoisotopic (exact) mass is 236 g/mol. The summed E-state index contributed by atoms with van der Waals surface area (Å²) in [6, 6.07) is 0. The maximum atomic E-state index is 11.4. The molecule has 90 valence electrons. The third-order valence-corrected chi connectivity index (χ3v) is 3.20. The summed E-state index contributed by atoms with van der Waals surface area (Å²) in [5, 5.41) is 0. The molecule has 1 unspecified atom stereocenters. The first-order valence-electron chi connectivity index (χ1n) is 4.77. The van der Waals surface area contributed by atoms with Gasteiger partial charge in [-0.2, -0.15) is 0 Å². The van der Waals surface area contributed by atoms with Crippen molar-refractivity contribution in [3.63, 3.8) is 0 Å². The molecule has 0 spiro atoms. The third-order valence-electron chi connectivity index (χ3n) is 2.17. The second-order valence-corrected chi connectivity index (χ2v) is 6.11. The van der Waals surface area contributed by atoms with E-state index in [1.807, 2.05) is 13.8 Å². The van der Waals surface area contributed by atoms with Crippen LogP contribution in [0.2, 0.25) is 0 Å². The Bertz CT molecular complexity index is 258. The van der Waals surface area contributed by atoms with Crippen LogP contribution in [0, 0.1) is 10.8 Å². The van der Waals surface area contributed by atoms with Gasteiger partial charge in [-0.1, -0.05) is 13.8 Å². The van der Waals surface area contributed by atoms with E-state index < -0.39 is 16.5 Å². The number of ether oxygens (including phenoxy) is 1. The molecule has 5 heteroatoms. The molecule has 0 aliphatic carbocycles. The number of methoxy groups -OCH3 is 1. The second-order valence-electron chi connectivity index (χ2n) is 5.18. The fourth-order valence-electron chi connectivity index (χ4n) is 1.93. The van der Waals surface area contributed by atoms with Crippen LogP contribution in [0.3, 0.4) is 0 Å². The minimum absolute atomic E-state index is 0.160. The van der Waals surface area contributed by atoms with Gasteiger partial charge in [0.15, 0.2) is 11.1 Å². The van der Waals surface area contributed by atoms with Crippen molar-refractivity contribution in [2.24, 2.45) is 10.8 Å². The van der Waals surface area contributed by atoms with Gasteiger partial charge in [0.2, 0.25) is 0 Å². The predicted molar refractivity (Wildman–Crippen MR) is 59.8 cm³/mol. The minimum atomic E-state index is -1.84. The molecule has 0 radical (unpaired) electrons. The molecule has 1 atom stereocenters. The smallest absolute Gasteiger partial charge is 0.311 e. The largest absolute Gasteiger partial charge is 0.469 e. The maximum Gasteiger partial charge on any atom is 0.311 e. The molecule has 0 aromatic carbocycles. The minimum Gasteiger partial charge on any atom is -0.469 e. The normalized spacial score (nSPS) is 14.8. The van der Waals surface area contributed by atoms with Crippen molar-refractivity contribution in [1.82, 2.24) is 0 Å². The van der Waals surface area contributed by atoms with Crippen molar-refractivity contribution >= 4 is 17.0 Å². The van der Waals surface area contributed by atoms with Gasteiger partial charge in [-0.05, 0) is 25.7 Å². The summed E-state index contributed by atoms with van der Waals surface area (Å²) in [7, 11) is 1.35. The lowest BCUT2D eigenvalue weighted by atomic mass is 9.76. The van der Waals surface area contributed by atoms with Crippen LogP contribution in [0.25, 0.3) is 0 Å². The molecule has 0 aliphatic rings. The molecular formula is C10H20O4S. The van der Waals surface area contributed by atoms with Crippen molar-refractivity contribution < 1.29 is 18.3 Å². The molecule has 0 saturated heterocycles. The van der Waals surface area contributed by atoms with Crippen molar-refractivity contribution in [2.45, 2.75) is 34.1 Å². The average Bonchev–Trinajstić information content (AvgIpc) is 1.97. The van der Waals surface area contributed by atoms with Crippen molar-refractivity contribution in [3.8, 4) is 0 Å². The highest BCUT2D eigenvalue weighted by Gasteiger charge is 2.36. The Balaban J connectivity index is 4.56. The Labute approximate surface area is 93.7 Å². The van der Waals surface area contributed by atoms with E-state index in [1.165, 1.54) is 7.11 Å². The first-order valence-corrected chi connectivity index (χ1v) is 6.04. The molecule has 15 heavy (non-hydrogen) atoms. The number of rotatable bonds is 5. The molecule has 0 heterocycles. The molecular weight excluding hydrogens is 216 g/mol. The van der Waals surface area contributed by atoms with Crippen LogP contribution in [0.5, 0.6) is 0 Å². The molecule has 0 fully saturated rings. The fraction of sp³-hybridized carbons (Fsp3) is 0.900. The van der Waals surface area contributed by atoms with Crippen LogP contribution in [0.4, 0.5) is 0 Å². The molecule has 0 amide bonds. The first-order chi connectivity index (χ1) is 6.60. The lowest BCUT2D eigenvalue weighted by Crippen LogP contribution is -2.34. The van der Waals surface area contributed by atoms with E-state index in [1.54, 1.807) is 13.8 Å². The van der Waals surface area contributed by atoms with Crippen LogP contribution in [-0.2, 0) is 20.6 Å². The van der Waals surface area contributed by atoms with Crippen LogP contribution in [-0.4, -0.2) is 27.6 Å². The zero-order chi connectivity index (χ0) is 12.3. The lowest BCUT2D eigenvalue weighted by Gasteiger charge is -2.31. The van der Waals surface area contributed by atoms with Gasteiger partial charge in [-0.3, -0.25) is 4.79 Å². The quantitative estimate of drug-likeness (QED) is 0.584. The van der Waals surface area contributed by atoms with E-state index in [2.05, 4.69) is 4.74 Å². The SMILES string of the molecule is COC(=O)C(C)(C)CC(C)(C)CS(=O)O. The van der Waals surface area contributed by atoms with Gasteiger partial charge in [0, 0.05) is 0 Å². The van der Waals surface area contributed by atoms with Gasteiger partial charge >= 0.3 is 5.97 Å². The summed E-state index contributed by atoms with van der Waals surface area (Å²) in [6.45, 7) is 7.29. The van der Waals surface area contributed by atoms with Gasteiger partial charge in [0.05, 0.1) is 18.3 Å². The molecule has 0 bridgehead atoms. The predicted octanol–water partition coefficient (Wildman–Crippen LogP) is 1.82. The van der Waals surface area contributed by atoms with E-state index in [9.17, 15) is 9.00 Å². The summed E-state index contributed by atoms with van der Waals surface area (Å²) in [5.41, 5.74) is -0.991. The summed E-state index contributed by atoms with van der Waals surface area (Å²) >= 11 is -1.84. The first kappa shape index (κ1) is 14.6. The van der Waals surface area contributed by atoms with Gasteiger partial charge < -0.3 is 9.29 Å². The van der Waals surface area contributed by atoms with E-state index in [-0.39, 0.29) is 17.1 Å². The highest BCUT2D eigenvalue weighted by Crippen LogP contribution is 2.34. The number of carbonyl (C=O) groups excluding carboxylic acids is 1. The van der Waals surface area contributed by atoms with Gasteiger partial charge in [0.1, 0.15) is 0 Å². The highest BCUT2D eigenvalue weighted by atomic mass is 32.2. The highest BCUT2D eigenvalue weighted by molar-refractivity contribution is 7.79. The Morgan fingerprint density at radius 3 is 2.13 bits per heavy atom. The van der Waals surface area contributed by atoms with Crippen molar-refractivity contribution in [3.05, 3.63) is 0 Å². The van der Waals surface area contributed by atoms with E-state index in [4.69, 9.17) is 4.55 Å². The summed E-state index contributed by atoms with van der Waals surface area (Å²) in [6.07, 6.45) is 0.513. The topological polar surface area (TPSA) is 63.6 Å². The molecule has 0 aromatic heterocycles. The number of hydrogen-bond donors (Lipinski definition) is 1. The van der Waals surface area contributed by atoms with Gasteiger partial charge in [-0.15, -0.1) is 0 Å². The third kappa shape index (κ3) is 5.28. The Morgan fingerprint density at radius 2 is 1.80 bits per heavy atom. The van der Waals surface area contributed by atoms with E-state index in [0.29, 0.717) is 6.42 Å². The van der Waals surface area contributed by atoms with Crippen LogP contribution in [0.15, 0.2) is 0 Å². The lowest BCUT2D eigenvalue weighted by molar-refractivity contribution is -0.152. The zero-order valence-electron chi connectivity index (χ0n) is 9.99. The summed E-state index contributed by atoms with van der Waals surface area (Å²) in [5.74, 6) is -0.132. The summed E-state index contributed by atoms with van der Waals surface area (Å²) < 4.78 is 24.3. The number of carbonyl (C=O) groups is 1. The van der Waals surface area contributed by atoms with Gasteiger partial charge in [-0.25, -0.2) is 4.21 Å². The van der Waals surface area contributed by atoms with Crippen LogP contribution >= 0.6 is 0 Å².